The van der Waals surface area contributed by atoms with E-state index in [0.717, 1.165) is 28.0 Å². The normalized spacial score (nSPS) is 12.4. The molecule has 0 fully saturated rings. The fraction of sp³-hybridized carbons (Fsp3) is 0.533. The molecule has 0 bridgehead atoms. The third-order valence-electron chi connectivity index (χ3n) is 3.47. The summed E-state index contributed by atoms with van der Waals surface area (Å²) in [6.45, 7) is 7.15. The van der Waals surface area contributed by atoms with Gasteiger partial charge in [0.1, 0.15) is 17.0 Å². The number of aryl methyl sites for hydroxylation is 1. The maximum Gasteiger partial charge on any atom is 0.261 e. The van der Waals surface area contributed by atoms with Crippen molar-refractivity contribution in [2.24, 2.45) is 0 Å². The Labute approximate surface area is 134 Å². The lowest BCUT2D eigenvalue weighted by atomic mass is 10.1. The van der Waals surface area contributed by atoms with Crippen LogP contribution in [0.4, 0.5) is 5.82 Å². The number of hydrogen-bond donors (Lipinski definition) is 2. The number of methoxy groups -OCH3 is 1. The van der Waals surface area contributed by atoms with Crippen LogP contribution in [0.3, 0.4) is 0 Å². The number of anilines is 1. The van der Waals surface area contributed by atoms with Crippen molar-refractivity contribution in [3.63, 3.8) is 0 Å². The second-order valence-corrected chi connectivity index (χ2v) is 6.02. The minimum atomic E-state index is -0.0575. The third kappa shape index (κ3) is 3.36. The van der Waals surface area contributed by atoms with Gasteiger partial charge in [-0.3, -0.25) is 4.79 Å². The van der Waals surface area contributed by atoms with E-state index in [-0.39, 0.29) is 11.9 Å². The monoisotopic (exact) mass is 322 g/mol. The molecule has 2 heterocycles. The van der Waals surface area contributed by atoms with E-state index in [1.165, 1.54) is 17.7 Å². The van der Waals surface area contributed by atoms with Gasteiger partial charge in [0, 0.05) is 13.7 Å². The zero-order chi connectivity index (χ0) is 16.1. The topological polar surface area (TPSA) is 76.1 Å². The van der Waals surface area contributed by atoms with Crippen LogP contribution < -0.4 is 10.6 Å². The molecule has 6 nitrogen and oxygen atoms in total. The number of thiophene rings is 1. The standard InChI is InChI=1S/C15H22N4O2S/c1-5-10(7-21-4)19-13-11-9(3)12(14(20)16-6-2)22-15(11)18-8-17-13/h8,10H,5-7H2,1-4H3,(H,16,20)(H,17,18,19)/t10-/m0/s1. The Bertz CT molecular complexity index is 656. The number of amides is 1. The van der Waals surface area contributed by atoms with Crippen LogP contribution in [0.2, 0.25) is 0 Å². The summed E-state index contributed by atoms with van der Waals surface area (Å²) in [7, 11) is 1.68. The molecule has 0 spiro atoms. The van der Waals surface area contributed by atoms with Crippen LogP contribution in [0.15, 0.2) is 6.33 Å². The molecule has 0 aliphatic carbocycles. The zero-order valence-corrected chi connectivity index (χ0v) is 14.2. The number of carbonyl (C=O) groups is 1. The van der Waals surface area contributed by atoms with E-state index in [2.05, 4.69) is 27.5 Å². The van der Waals surface area contributed by atoms with Crippen LogP contribution in [0.5, 0.6) is 0 Å². The van der Waals surface area contributed by atoms with Crippen LogP contribution in [-0.2, 0) is 4.74 Å². The van der Waals surface area contributed by atoms with Crippen molar-refractivity contribution >= 4 is 33.3 Å². The Hall–Kier alpha value is -1.73. The lowest BCUT2D eigenvalue weighted by molar-refractivity contribution is 0.0959. The Morgan fingerprint density at radius 2 is 2.18 bits per heavy atom. The lowest BCUT2D eigenvalue weighted by Crippen LogP contribution is -2.24. The van der Waals surface area contributed by atoms with E-state index >= 15 is 0 Å². The number of hydrogen-bond acceptors (Lipinski definition) is 6. The van der Waals surface area contributed by atoms with E-state index in [9.17, 15) is 4.79 Å². The zero-order valence-electron chi connectivity index (χ0n) is 13.4. The van der Waals surface area contributed by atoms with Gasteiger partial charge in [0.25, 0.3) is 5.91 Å². The van der Waals surface area contributed by atoms with Gasteiger partial charge in [0.2, 0.25) is 0 Å². The summed E-state index contributed by atoms with van der Waals surface area (Å²) in [6.07, 6.45) is 2.45. The number of nitrogens with one attached hydrogen (secondary N) is 2. The summed E-state index contributed by atoms with van der Waals surface area (Å²) < 4.78 is 5.22. The van der Waals surface area contributed by atoms with Crippen LogP contribution in [-0.4, -0.2) is 42.2 Å². The number of ether oxygens (including phenoxy) is 1. The van der Waals surface area contributed by atoms with Crippen LogP contribution in [0.1, 0.15) is 35.5 Å². The molecule has 2 aromatic rings. The third-order valence-corrected chi connectivity index (χ3v) is 4.67. The highest BCUT2D eigenvalue weighted by Crippen LogP contribution is 2.33. The summed E-state index contributed by atoms with van der Waals surface area (Å²) in [4.78, 5) is 22.3. The van der Waals surface area contributed by atoms with Gasteiger partial charge < -0.3 is 15.4 Å². The number of carbonyl (C=O) groups excluding carboxylic acids is 1. The largest absolute Gasteiger partial charge is 0.383 e. The molecule has 7 heteroatoms. The van der Waals surface area contributed by atoms with Crippen molar-refractivity contribution in [3.05, 3.63) is 16.8 Å². The number of rotatable bonds is 7. The Kier molecular flexibility index (Phi) is 5.68. The fourth-order valence-electron chi connectivity index (χ4n) is 2.29. The van der Waals surface area contributed by atoms with E-state index in [4.69, 9.17) is 4.74 Å². The molecule has 0 saturated carbocycles. The molecular weight excluding hydrogens is 300 g/mol. The Morgan fingerprint density at radius 3 is 2.82 bits per heavy atom. The summed E-state index contributed by atoms with van der Waals surface area (Å²) in [5, 5.41) is 7.15. The first-order chi connectivity index (χ1) is 10.6. The van der Waals surface area contributed by atoms with E-state index < -0.39 is 0 Å². The van der Waals surface area contributed by atoms with Crippen molar-refractivity contribution in [1.29, 1.82) is 0 Å². The summed E-state index contributed by atoms with van der Waals surface area (Å²) in [5.41, 5.74) is 0.918. The van der Waals surface area contributed by atoms with Gasteiger partial charge >= 0.3 is 0 Å². The average molecular weight is 322 g/mol. The van der Waals surface area contributed by atoms with Gasteiger partial charge in [-0.2, -0.15) is 0 Å². The first kappa shape index (κ1) is 16.6. The maximum absolute atomic E-state index is 12.1. The predicted molar refractivity (Wildman–Crippen MR) is 89.7 cm³/mol. The van der Waals surface area contributed by atoms with E-state index in [0.29, 0.717) is 18.0 Å². The summed E-state index contributed by atoms with van der Waals surface area (Å²) >= 11 is 1.40. The Balaban J connectivity index is 2.41. The van der Waals surface area contributed by atoms with E-state index in [1.54, 1.807) is 7.11 Å². The maximum atomic E-state index is 12.1. The average Bonchev–Trinajstić information content (AvgIpc) is 2.85. The van der Waals surface area contributed by atoms with Gasteiger partial charge in [-0.15, -0.1) is 11.3 Å². The van der Waals surface area contributed by atoms with Crippen LogP contribution >= 0.6 is 11.3 Å². The smallest absolute Gasteiger partial charge is 0.261 e. The molecule has 1 amide bonds. The first-order valence-electron chi connectivity index (χ1n) is 7.40. The van der Waals surface area contributed by atoms with Crippen molar-refractivity contribution in [2.75, 3.05) is 25.6 Å². The number of fused-ring (bicyclic) bond motifs is 1. The molecule has 120 valence electrons. The molecule has 0 radical (unpaired) electrons. The number of nitrogens with zero attached hydrogens (tertiary/aromatic N) is 2. The molecule has 22 heavy (non-hydrogen) atoms. The SMILES string of the molecule is CCNC(=O)c1sc2ncnc(N[C@@H](CC)COC)c2c1C. The molecular formula is C15H22N4O2S. The molecule has 0 unspecified atom stereocenters. The molecule has 0 saturated heterocycles. The highest BCUT2D eigenvalue weighted by Gasteiger charge is 2.19. The van der Waals surface area contributed by atoms with Gasteiger partial charge in [0.15, 0.2) is 0 Å². The highest BCUT2D eigenvalue weighted by molar-refractivity contribution is 7.20. The second kappa shape index (κ2) is 7.51. The molecule has 2 aromatic heterocycles. The van der Waals surface area contributed by atoms with Crippen molar-refractivity contribution in [1.82, 2.24) is 15.3 Å². The predicted octanol–water partition coefficient (Wildman–Crippen LogP) is 2.59. The fourth-order valence-corrected chi connectivity index (χ4v) is 3.36. The van der Waals surface area contributed by atoms with Gasteiger partial charge in [0.05, 0.1) is 22.9 Å². The van der Waals surface area contributed by atoms with Gasteiger partial charge in [-0.05, 0) is 25.8 Å². The quantitative estimate of drug-likeness (QED) is 0.819. The summed E-state index contributed by atoms with van der Waals surface area (Å²) in [5.74, 6) is 0.705. The molecule has 2 N–H and O–H groups in total. The molecule has 1 atom stereocenters. The highest BCUT2D eigenvalue weighted by atomic mass is 32.1. The lowest BCUT2D eigenvalue weighted by Gasteiger charge is -2.17. The molecule has 0 aromatic carbocycles. The van der Waals surface area contributed by atoms with Crippen LogP contribution in [0, 0.1) is 6.92 Å². The van der Waals surface area contributed by atoms with E-state index in [1.807, 2.05) is 13.8 Å². The van der Waals surface area contributed by atoms with Gasteiger partial charge in [-0.1, -0.05) is 6.92 Å². The van der Waals surface area contributed by atoms with Crippen molar-refractivity contribution in [2.45, 2.75) is 33.2 Å². The Morgan fingerprint density at radius 1 is 1.41 bits per heavy atom. The minimum absolute atomic E-state index is 0.0575. The molecule has 0 aliphatic rings. The first-order valence-corrected chi connectivity index (χ1v) is 8.21. The number of aromatic nitrogens is 2. The van der Waals surface area contributed by atoms with Crippen LogP contribution in [0.25, 0.3) is 10.2 Å². The van der Waals surface area contributed by atoms with Crippen molar-refractivity contribution < 1.29 is 9.53 Å². The minimum Gasteiger partial charge on any atom is -0.383 e. The molecule has 0 aliphatic heterocycles. The summed E-state index contributed by atoms with van der Waals surface area (Å²) in [6, 6.07) is 0.176. The van der Waals surface area contributed by atoms with Crippen molar-refractivity contribution in [3.8, 4) is 0 Å². The second-order valence-electron chi connectivity index (χ2n) is 5.02. The molecule has 2 rings (SSSR count). The van der Waals surface area contributed by atoms with Gasteiger partial charge in [-0.25, -0.2) is 9.97 Å².